The summed E-state index contributed by atoms with van der Waals surface area (Å²) >= 11 is 0. The number of likely N-dealkylation sites (N-methyl/N-ethyl adjacent to an activating group) is 1. The van der Waals surface area contributed by atoms with E-state index in [4.69, 9.17) is 4.42 Å². The van der Waals surface area contributed by atoms with E-state index in [1.165, 1.54) is 6.21 Å². The lowest BCUT2D eigenvalue weighted by Crippen LogP contribution is -2.44. The summed E-state index contributed by atoms with van der Waals surface area (Å²) in [5, 5.41) is 11.4. The molecule has 32 heavy (non-hydrogen) atoms. The summed E-state index contributed by atoms with van der Waals surface area (Å²) in [5.41, 5.74) is 1.77. The number of hydrogen-bond donors (Lipinski definition) is 2. The molecule has 5 rings (SSSR count). The van der Waals surface area contributed by atoms with Crippen LogP contribution in [0, 0.1) is 0 Å². The van der Waals surface area contributed by atoms with Gasteiger partial charge in [-0.05, 0) is 30.8 Å². The number of aromatic nitrogens is 3. The summed E-state index contributed by atoms with van der Waals surface area (Å²) in [7, 11) is 2.11. The molecule has 4 aromatic rings. The van der Waals surface area contributed by atoms with Crippen molar-refractivity contribution in [3.05, 3.63) is 65.1 Å². The Kier molecular flexibility index (Phi) is 5.16. The number of anilines is 1. The van der Waals surface area contributed by atoms with Gasteiger partial charge < -0.3 is 19.3 Å². The van der Waals surface area contributed by atoms with Gasteiger partial charge in [0.1, 0.15) is 5.82 Å². The molecule has 0 amide bonds. The van der Waals surface area contributed by atoms with Crippen LogP contribution >= 0.6 is 0 Å². The summed E-state index contributed by atoms with van der Waals surface area (Å²) in [6, 6.07) is 7.22. The van der Waals surface area contributed by atoms with Gasteiger partial charge in [-0.25, -0.2) is 15.0 Å². The maximum absolute atomic E-state index is 12.3. The van der Waals surface area contributed by atoms with Crippen LogP contribution in [-0.2, 0) is 0 Å². The quantitative estimate of drug-likeness (QED) is 0.479. The maximum Gasteiger partial charge on any atom is 0.258 e. The molecule has 0 spiro atoms. The van der Waals surface area contributed by atoms with E-state index in [1.807, 2.05) is 18.2 Å². The van der Waals surface area contributed by atoms with Gasteiger partial charge in [-0.3, -0.25) is 9.78 Å². The molecule has 2 N–H and O–H groups in total. The maximum atomic E-state index is 12.3. The molecule has 1 aromatic carbocycles. The van der Waals surface area contributed by atoms with Crippen LogP contribution in [0.15, 0.2) is 63.4 Å². The monoisotopic (exact) mass is 430 g/mol. The van der Waals surface area contributed by atoms with Gasteiger partial charge in [0, 0.05) is 48.7 Å². The molecular weight excluding hydrogens is 408 g/mol. The van der Waals surface area contributed by atoms with Crippen molar-refractivity contribution in [2.24, 2.45) is 4.99 Å². The van der Waals surface area contributed by atoms with Crippen LogP contribution in [-0.4, -0.2) is 64.4 Å². The number of pyridine rings is 1. The van der Waals surface area contributed by atoms with Gasteiger partial charge in [0.25, 0.3) is 5.56 Å². The SMILES string of the molecule is CN1CCN(c2cnc(N=Cc3c(O)[nH]c(=O)c4ccc(-c5ccoc5)cc34)cn2)CC1. The first-order chi connectivity index (χ1) is 15.6. The average Bonchev–Trinajstić information content (AvgIpc) is 3.35. The zero-order valence-electron chi connectivity index (χ0n) is 17.5. The van der Waals surface area contributed by atoms with Crippen LogP contribution in [0.25, 0.3) is 21.9 Å². The van der Waals surface area contributed by atoms with E-state index in [9.17, 15) is 9.90 Å². The molecule has 0 unspecified atom stereocenters. The van der Waals surface area contributed by atoms with Crippen molar-refractivity contribution in [3.8, 4) is 17.0 Å². The smallest absolute Gasteiger partial charge is 0.258 e. The van der Waals surface area contributed by atoms with Crippen molar-refractivity contribution in [1.82, 2.24) is 19.9 Å². The van der Waals surface area contributed by atoms with Crippen LogP contribution < -0.4 is 10.5 Å². The minimum Gasteiger partial charge on any atom is -0.494 e. The van der Waals surface area contributed by atoms with Gasteiger partial charge in [0.05, 0.1) is 30.5 Å². The molecule has 4 heterocycles. The number of nitrogens with zero attached hydrogens (tertiary/aromatic N) is 5. The Bertz CT molecular complexity index is 1320. The van der Waals surface area contributed by atoms with E-state index >= 15 is 0 Å². The summed E-state index contributed by atoms with van der Waals surface area (Å²) in [6.07, 6.45) is 8.01. The first-order valence-electron chi connectivity index (χ1n) is 10.3. The number of piperazine rings is 1. The van der Waals surface area contributed by atoms with Crippen molar-refractivity contribution in [1.29, 1.82) is 0 Å². The predicted octanol–water partition coefficient (Wildman–Crippen LogP) is 2.79. The fourth-order valence-corrected chi connectivity index (χ4v) is 3.78. The fourth-order valence-electron chi connectivity index (χ4n) is 3.78. The van der Waals surface area contributed by atoms with E-state index in [0.717, 1.165) is 43.1 Å². The third kappa shape index (κ3) is 3.85. The normalized spacial score (nSPS) is 15.1. The second-order valence-electron chi connectivity index (χ2n) is 7.77. The molecule has 1 saturated heterocycles. The van der Waals surface area contributed by atoms with E-state index in [0.29, 0.717) is 22.2 Å². The number of H-pyrrole nitrogens is 1. The van der Waals surface area contributed by atoms with Crippen LogP contribution in [0.5, 0.6) is 5.88 Å². The van der Waals surface area contributed by atoms with Crippen LogP contribution in [0.4, 0.5) is 11.6 Å². The second-order valence-corrected chi connectivity index (χ2v) is 7.77. The Morgan fingerprint density at radius 1 is 1.09 bits per heavy atom. The van der Waals surface area contributed by atoms with Crippen molar-refractivity contribution in [2.75, 3.05) is 38.1 Å². The molecule has 9 nitrogen and oxygen atoms in total. The molecule has 0 saturated carbocycles. The Morgan fingerprint density at radius 2 is 1.94 bits per heavy atom. The summed E-state index contributed by atoms with van der Waals surface area (Å²) in [4.78, 5) is 32.5. The topological polar surface area (TPSA) is 111 Å². The van der Waals surface area contributed by atoms with Gasteiger partial charge in [-0.1, -0.05) is 6.07 Å². The number of fused-ring (bicyclic) bond motifs is 1. The standard InChI is InChI=1S/C23H22N6O3/c1-28-5-7-29(8-6-28)21-13-25-20(12-26-21)24-11-19-18-10-15(16-4-9-32-14-16)2-3-17(18)22(30)27-23(19)31/h2-4,9-14H,5-8H2,1H3,(H2,27,30,31). The molecule has 0 bridgehead atoms. The first kappa shape index (κ1) is 20.0. The molecule has 1 aliphatic rings. The lowest BCUT2D eigenvalue weighted by Gasteiger charge is -2.32. The number of aliphatic imine (C=N–C) groups is 1. The highest BCUT2D eigenvalue weighted by atomic mass is 16.3. The Balaban J connectivity index is 1.46. The third-order valence-corrected chi connectivity index (χ3v) is 5.67. The van der Waals surface area contributed by atoms with E-state index in [2.05, 4.69) is 36.8 Å². The van der Waals surface area contributed by atoms with Crippen molar-refractivity contribution in [3.63, 3.8) is 0 Å². The number of hydrogen-bond acceptors (Lipinski definition) is 8. The van der Waals surface area contributed by atoms with Crippen LogP contribution in [0.3, 0.4) is 0 Å². The highest BCUT2D eigenvalue weighted by molar-refractivity contribution is 6.03. The first-order valence-corrected chi connectivity index (χ1v) is 10.3. The predicted molar refractivity (Wildman–Crippen MR) is 123 cm³/mol. The number of aromatic amines is 1. The molecular formula is C23H22N6O3. The van der Waals surface area contributed by atoms with Crippen molar-refractivity contribution in [2.45, 2.75) is 0 Å². The molecule has 0 atom stereocenters. The number of aromatic hydroxyl groups is 1. The molecule has 3 aromatic heterocycles. The van der Waals surface area contributed by atoms with Crippen molar-refractivity contribution < 1.29 is 9.52 Å². The molecule has 0 radical (unpaired) electrons. The summed E-state index contributed by atoms with van der Waals surface area (Å²) < 4.78 is 5.16. The van der Waals surface area contributed by atoms with Gasteiger partial charge in [-0.2, -0.15) is 0 Å². The van der Waals surface area contributed by atoms with Gasteiger partial charge >= 0.3 is 0 Å². The lowest BCUT2D eigenvalue weighted by atomic mass is 10.0. The molecule has 9 heteroatoms. The lowest BCUT2D eigenvalue weighted by molar-refractivity contribution is 0.312. The van der Waals surface area contributed by atoms with Gasteiger partial charge in [0.2, 0.25) is 5.88 Å². The zero-order chi connectivity index (χ0) is 22.1. The van der Waals surface area contributed by atoms with E-state index in [1.54, 1.807) is 31.0 Å². The Morgan fingerprint density at radius 3 is 2.66 bits per heavy atom. The van der Waals surface area contributed by atoms with E-state index in [-0.39, 0.29) is 11.4 Å². The Labute approximate surface area is 183 Å². The molecule has 1 fully saturated rings. The molecule has 1 aliphatic heterocycles. The largest absolute Gasteiger partial charge is 0.494 e. The Hall–Kier alpha value is -3.98. The fraction of sp³-hybridized carbons (Fsp3) is 0.217. The number of rotatable bonds is 4. The van der Waals surface area contributed by atoms with E-state index < -0.39 is 0 Å². The molecule has 0 aliphatic carbocycles. The van der Waals surface area contributed by atoms with Crippen molar-refractivity contribution >= 4 is 28.6 Å². The minimum absolute atomic E-state index is 0.252. The average molecular weight is 430 g/mol. The van der Waals surface area contributed by atoms with Gasteiger partial charge in [0.15, 0.2) is 5.82 Å². The second kappa shape index (κ2) is 8.27. The highest BCUT2D eigenvalue weighted by Gasteiger charge is 2.15. The minimum atomic E-state index is -0.371. The number of nitrogens with one attached hydrogen (secondary N) is 1. The molecule has 162 valence electrons. The highest BCUT2D eigenvalue weighted by Crippen LogP contribution is 2.28. The summed E-state index contributed by atoms with van der Waals surface area (Å²) in [6.45, 7) is 3.79. The zero-order valence-corrected chi connectivity index (χ0v) is 17.5. The van der Waals surface area contributed by atoms with Crippen LogP contribution in [0.1, 0.15) is 5.56 Å². The number of benzene rings is 1. The van der Waals surface area contributed by atoms with Gasteiger partial charge in [-0.15, -0.1) is 0 Å². The van der Waals surface area contributed by atoms with Crippen LogP contribution in [0.2, 0.25) is 0 Å². The third-order valence-electron chi connectivity index (χ3n) is 5.67. The number of furan rings is 1. The summed E-state index contributed by atoms with van der Waals surface area (Å²) in [5.74, 6) is 0.976.